The molecule has 1 aromatic heterocycles. The number of esters is 1. The van der Waals surface area contributed by atoms with Crippen LogP contribution in [-0.2, 0) is 22.6 Å². The molecule has 1 aliphatic rings. The number of aryl methyl sites for hydroxylation is 2. The zero-order chi connectivity index (χ0) is 21.1. The summed E-state index contributed by atoms with van der Waals surface area (Å²) in [4.78, 5) is 37.2. The first-order valence-corrected chi connectivity index (χ1v) is 9.85. The maximum absolute atomic E-state index is 12.7. The molecule has 0 saturated heterocycles. The minimum Gasteiger partial charge on any atom is -0.457 e. The molecule has 0 radical (unpaired) electrons. The lowest BCUT2D eigenvalue weighted by Crippen LogP contribution is -2.25. The molecule has 0 saturated carbocycles. The summed E-state index contributed by atoms with van der Waals surface area (Å²) in [7, 11) is 0. The van der Waals surface area contributed by atoms with E-state index in [1.165, 1.54) is 0 Å². The van der Waals surface area contributed by atoms with Crippen LogP contribution in [0.15, 0.2) is 47.3 Å². The third-order valence-corrected chi connectivity index (χ3v) is 4.97. The van der Waals surface area contributed by atoms with Gasteiger partial charge in [0.1, 0.15) is 0 Å². The zero-order valence-corrected chi connectivity index (χ0v) is 16.6. The summed E-state index contributed by atoms with van der Waals surface area (Å²) in [5, 5.41) is 0. The first-order chi connectivity index (χ1) is 14.6. The highest BCUT2D eigenvalue weighted by Gasteiger charge is 2.18. The van der Waals surface area contributed by atoms with Crippen LogP contribution in [0.5, 0.6) is 11.5 Å². The van der Waals surface area contributed by atoms with E-state index in [0.717, 1.165) is 17.5 Å². The molecule has 0 bridgehead atoms. The Balaban J connectivity index is 1.38. The number of carbonyl (C=O) groups is 2. The highest BCUT2D eigenvalue weighted by molar-refractivity contribution is 5.98. The number of fused-ring (bicyclic) bond motifs is 2. The summed E-state index contributed by atoms with van der Waals surface area (Å²) in [5.41, 5.74) is 1.85. The molecule has 0 N–H and O–H groups in total. The van der Waals surface area contributed by atoms with E-state index in [0.29, 0.717) is 23.6 Å². The third kappa shape index (κ3) is 3.80. The molecule has 2 heterocycles. The molecule has 0 amide bonds. The van der Waals surface area contributed by atoms with Gasteiger partial charge >= 0.3 is 11.7 Å². The van der Waals surface area contributed by atoms with E-state index >= 15 is 0 Å². The van der Waals surface area contributed by atoms with Crippen molar-refractivity contribution in [3.8, 4) is 11.5 Å². The number of benzene rings is 2. The molecule has 30 heavy (non-hydrogen) atoms. The number of imidazole rings is 1. The maximum atomic E-state index is 12.7. The Kier molecular flexibility index (Phi) is 5.56. The Morgan fingerprint density at radius 1 is 1.00 bits per heavy atom. The second-order valence-corrected chi connectivity index (χ2v) is 6.98. The van der Waals surface area contributed by atoms with E-state index in [-0.39, 0.29) is 37.8 Å². The van der Waals surface area contributed by atoms with Crippen LogP contribution >= 0.6 is 0 Å². The van der Waals surface area contributed by atoms with Crippen LogP contribution in [0.3, 0.4) is 0 Å². The molecular weight excluding hydrogens is 388 g/mol. The summed E-state index contributed by atoms with van der Waals surface area (Å²) in [6, 6.07) is 12.3. The van der Waals surface area contributed by atoms with Crippen molar-refractivity contribution in [1.29, 1.82) is 0 Å². The van der Waals surface area contributed by atoms with Gasteiger partial charge in [-0.2, -0.15) is 0 Å². The molecule has 0 aliphatic carbocycles. The number of nitrogens with zero attached hydrogens (tertiary/aromatic N) is 2. The van der Waals surface area contributed by atoms with Gasteiger partial charge in [-0.3, -0.25) is 18.7 Å². The van der Waals surface area contributed by atoms with E-state index in [2.05, 4.69) is 0 Å². The van der Waals surface area contributed by atoms with Gasteiger partial charge in [-0.25, -0.2) is 4.79 Å². The second kappa shape index (κ2) is 8.44. The van der Waals surface area contributed by atoms with Crippen molar-refractivity contribution in [3.05, 3.63) is 58.5 Å². The van der Waals surface area contributed by atoms with Crippen molar-refractivity contribution in [2.45, 2.75) is 32.9 Å². The van der Waals surface area contributed by atoms with Gasteiger partial charge in [0, 0.05) is 18.7 Å². The van der Waals surface area contributed by atoms with Crippen LogP contribution in [0.2, 0.25) is 0 Å². The number of hydrogen-bond donors (Lipinski definition) is 0. The molecule has 0 spiro atoms. The minimum atomic E-state index is -0.539. The first kappa shape index (κ1) is 19.8. The van der Waals surface area contributed by atoms with Gasteiger partial charge in [0.05, 0.1) is 17.5 Å². The largest absolute Gasteiger partial charge is 0.457 e. The molecule has 4 rings (SSSR count). The number of ketones is 1. The maximum Gasteiger partial charge on any atom is 0.329 e. The summed E-state index contributed by atoms with van der Waals surface area (Å²) in [5.74, 6) is 0.202. The average Bonchev–Trinajstić information content (AvgIpc) is 3.33. The van der Waals surface area contributed by atoms with Gasteiger partial charge < -0.3 is 14.2 Å². The van der Waals surface area contributed by atoms with Gasteiger partial charge in [-0.05, 0) is 36.8 Å². The van der Waals surface area contributed by atoms with Crippen molar-refractivity contribution >= 4 is 22.8 Å². The number of para-hydroxylation sites is 2. The molecule has 2 aromatic carbocycles. The molecule has 8 nitrogen and oxygen atoms in total. The Labute approximate surface area is 172 Å². The van der Waals surface area contributed by atoms with Crippen molar-refractivity contribution in [3.63, 3.8) is 0 Å². The van der Waals surface area contributed by atoms with Crippen molar-refractivity contribution in [2.24, 2.45) is 0 Å². The van der Waals surface area contributed by atoms with Gasteiger partial charge in [-0.1, -0.05) is 19.1 Å². The number of carbonyl (C=O) groups excluding carboxylic acids is 2. The highest BCUT2D eigenvalue weighted by Crippen LogP contribution is 2.32. The molecule has 3 aromatic rings. The third-order valence-electron chi connectivity index (χ3n) is 4.97. The lowest BCUT2D eigenvalue weighted by molar-refractivity contribution is -0.142. The van der Waals surface area contributed by atoms with Crippen molar-refractivity contribution < 1.29 is 23.8 Å². The molecule has 156 valence electrons. The van der Waals surface area contributed by atoms with E-state index < -0.39 is 5.97 Å². The van der Waals surface area contributed by atoms with Gasteiger partial charge in [0.2, 0.25) is 6.79 Å². The monoisotopic (exact) mass is 410 g/mol. The van der Waals surface area contributed by atoms with Crippen LogP contribution in [0, 0.1) is 0 Å². The number of rotatable bonds is 8. The van der Waals surface area contributed by atoms with Crippen LogP contribution in [-0.4, -0.2) is 34.3 Å². The SMILES string of the molecule is CCCn1c(=O)n(CCC(=O)OCC(=O)c2ccc3c(c2)OCO3)c2ccccc21. The smallest absolute Gasteiger partial charge is 0.329 e. The van der Waals surface area contributed by atoms with Gasteiger partial charge in [-0.15, -0.1) is 0 Å². The van der Waals surface area contributed by atoms with E-state index in [4.69, 9.17) is 14.2 Å². The first-order valence-electron chi connectivity index (χ1n) is 9.85. The Bertz CT molecular complexity index is 1160. The number of ether oxygens (including phenoxy) is 3. The second-order valence-electron chi connectivity index (χ2n) is 6.98. The summed E-state index contributed by atoms with van der Waals surface area (Å²) >= 11 is 0. The minimum absolute atomic E-state index is 0.00550. The Hall–Kier alpha value is -3.55. The van der Waals surface area contributed by atoms with Gasteiger partial charge in [0.25, 0.3) is 0 Å². The number of Topliss-reactive ketones (excluding diaryl/α,β-unsaturated/α-hetero) is 1. The predicted molar refractivity (Wildman–Crippen MR) is 109 cm³/mol. The molecule has 8 heteroatoms. The number of aromatic nitrogens is 2. The molecule has 0 atom stereocenters. The normalized spacial score (nSPS) is 12.3. The van der Waals surface area contributed by atoms with Crippen LogP contribution in [0.4, 0.5) is 0 Å². The molecule has 1 aliphatic heterocycles. The van der Waals surface area contributed by atoms with Crippen molar-refractivity contribution in [1.82, 2.24) is 9.13 Å². The predicted octanol–water partition coefficient (Wildman–Crippen LogP) is 2.76. The molecule has 0 unspecified atom stereocenters. The van der Waals surface area contributed by atoms with E-state index in [9.17, 15) is 14.4 Å². The fourth-order valence-corrected chi connectivity index (χ4v) is 3.50. The molecule has 0 fully saturated rings. The fourth-order valence-electron chi connectivity index (χ4n) is 3.50. The standard InChI is InChI=1S/C22H22N2O6/c1-2-10-23-16-5-3-4-6-17(16)24(22(23)27)11-9-21(26)28-13-18(25)15-7-8-19-20(12-15)30-14-29-19/h3-8,12H,2,9-11,13-14H2,1H3. The Morgan fingerprint density at radius 3 is 2.43 bits per heavy atom. The zero-order valence-electron chi connectivity index (χ0n) is 16.6. The quantitative estimate of drug-likeness (QED) is 0.419. The summed E-state index contributed by atoms with van der Waals surface area (Å²) in [6.07, 6.45) is 0.826. The molecular formula is C22H22N2O6. The Morgan fingerprint density at radius 2 is 1.70 bits per heavy atom. The average molecular weight is 410 g/mol. The number of hydrogen-bond acceptors (Lipinski definition) is 6. The fraction of sp³-hybridized carbons (Fsp3) is 0.318. The van der Waals surface area contributed by atoms with E-state index in [1.54, 1.807) is 27.3 Å². The van der Waals surface area contributed by atoms with E-state index in [1.807, 2.05) is 31.2 Å². The summed E-state index contributed by atoms with van der Waals surface area (Å²) < 4.78 is 18.9. The van der Waals surface area contributed by atoms with Crippen LogP contribution < -0.4 is 15.2 Å². The summed E-state index contributed by atoms with van der Waals surface area (Å²) in [6.45, 7) is 2.56. The highest BCUT2D eigenvalue weighted by atomic mass is 16.7. The lowest BCUT2D eigenvalue weighted by Gasteiger charge is -2.06. The lowest BCUT2D eigenvalue weighted by atomic mass is 10.1. The van der Waals surface area contributed by atoms with Gasteiger partial charge in [0.15, 0.2) is 23.9 Å². The topological polar surface area (TPSA) is 88.8 Å². The van der Waals surface area contributed by atoms with Crippen molar-refractivity contribution in [2.75, 3.05) is 13.4 Å². The van der Waals surface area contributed by atoms with Crippen LogP contribution in [0.1, 0.15) is 30.1 Å². The van der Waals surface area contributed by atoms with Crippen LogP contribution in [0.25, 0.3) is 11.0 Å².